The number of guanidine groups is 1. The van der Waals surface area contributed by atoms with Crippen LogP contribution in [0.5, 0.6) is 0 Å². The SMILES string of the molecule is CC(C)[C@@H]1NC(=O)[C@H](CN)NC(=O)[C@H](Cc2ccccc2)NC(=O)[C@H](Cc2ccccc2)NC(=O)[C@H](CCCN=C(N)N)NC(=O)[C@@H]2CCCN2C(=O)[C@H]2CCCN2C(=O)[C@H](Cc2ccccc2)NC1=O. The molecule has 0 aliphatic carbocycles. The van der Waals surface area contributed by atoms with E-state index in [0.29, 0.717) is 30.4 Å². The van der Waals surface area contributed by atoms with Crippen molar-refractivity contribution < 1.29 is 38.4 Å². The zero-order valence-corrected chi connectivity index (χ0v) is 40.4. The van der Waals surface area contributed by atoms with E-state index in [4.69, 9.17) is 17.2 Å². The number of carbonyl (C=O) groups excluding carboxylic acids is 8. The summed E-state index contributed by atoms with van der Waals surface area (Å²) in [6, 6.07) is 17.3. The largest absolute Gasteiger partial charge is 0.370 e. The van der Waals surface area contributed by atoms with Crippen molar-refractivity contribution in [3.8, 4) is 0 Å². The lowest BCUT2D eigenvalue weighted by Crippen LogP contribution is -2.63. The molecular formula is C51H68N12O8. The highest BCUT2D eigenvalue weighted by atomic mass is 16.2. The highest BCUT2D eigenvalue weighted by molar-refractivity contribution is 5.99. The first-order valence-electron chi connectivity index (χ1n) is 24.4. The molecule has 20 nitrogen and oxygen atoms in total. The van der Waals surface area contributed by atoms with E-state index in [1.165, 1.54) is 9.80 Å². The Labute approximate surface area is 414 Å². The van der Waals surface area contributed by atoms with Gasteiger partial charge in [-0.15, -0.1) is 0 Å². The third-order valence-corrected chi connectivity index (χ3v) is 13.1. The van der Waals surface area contributed by atoms with E-state index in [-0.39, 0.29) is 64.1 Å². The fourth-order valence-corrected chi connectivity index (χ4v) is 9.29. The summed E-state index contributed by atoms with van der Waals surface area (Å²) >= 11 is 0. The first-order valence-corrected chi connectivity index (χ1v) is 24.4. The lowest BCUT2D eigenvalue weighted by atomic mass is 9.99. The Kier molecular flexibility index (Phi) is 19.0. The molecule has 3 aliphatic rings. The number of carbonyl (C=O) groups is 8. The summed E-state index contributed by atoms with van der Waals surface area (Å²) < 4.78 is 0. The molecule has 20 heteroatoms. The van der Waals surface area contributed by atoms with Gasteiger partial charge in [0.1, 0.15) is 48.3 Å². The topological polar surface area (TPSA) is 306 Å². The fraction of sp³-hybridized carbons (Fsp3) is 0.471. The predicted octanol–water partition coefficient (Wildman–Crippen LogP) is -0.713. The molecule has 6 rings (SSSR count). The van der Waals surface area contributed by atoms with Gasteiger partial charge in [-0.2, -0.15) is 0 Å². The normalized spacial score (nSPS) is 25.4. The van der Waals surface area contributed by atoms with Crippen molar-refractivity contribution in [1.29, 1.82) is 0 Å². The van der Waals surface area contributed by atoms with Crippen LogP contribution in [0.4, 0.5) is 0 Å². The molecule has 3 fully saturated rings. The molecule has 3 aromatic rings. The third kappa shape index (κ3) is 14.6. The van der Waals surface area contributed by atoms with Crippen LogP contribution in [0.15, 0.2) is 96.0 Å². The van der Waals surface area contributed by atoms with Crippen LogP contribution in [0.2, 0.25) is 0 Å². The fourth-order valence-electron chi connectivity index (χ4n) is 9.29. The average Bonchev–Trinajstić information content (AvgIpc) is 4.07. The molecule has 3 aromatic carbocycles. The smallest absolute Gasteiger partial charge is 0.246 e. The summed E-state index contributed by atoms with van der Waals surface area (Å²) in [4.78, 5) is 123. The predicted molar refractivity (Wildman–Crippen MR) is 265 cm³/mol. The van der Waals surface area contributed by atoms with Gasteiger partial charge in [-0.05, 0) is 61.1 Å². The van der Waals surface area contributed by atoms with Gasteiger partial charge in [-0.1, -0.05) is 105 Å². The number of benzene rings is 3. The van der Waals surface area contributed by atoms with Crippen molar-refractivity contribution in [3.05, 3.63) is 108 Å². The number of aliphatic imine (C=N–C) groups is 1. The number of rotatable bonds is 12. The number of hydrogen-bond donors (Lipinski definition) is 9. The molecular weight excluding hydrogens is 909 g/mol. The monoisotopic (exact) mass is 977 g/mol. The van der Waals surface area contributed by atoms with Gasteiger partial charge in [0, 0.05) is 45.4 Å². The Bertz CT molecular complexity index is 2370. The Morgan fingerprint density at radius 2 is 0.958 bits per heavy atom. The maximum Gasteiger partial charge on any atom is 0.246 e. The van der Waals surface area contributed by atoms with Gasteiger partial charge in [0.2, 0.25) is 47.3 Å². The van der Waals surface area contributed by atoms with Gasteiger partial charge in [0.25, 0.3) is 0 Å². The van der Waals surface area contributed by atoms with Crippen LogP contribution >= 0.6 is 0 Å². The molecule has 8 amide bonds. The van der Waals surface area contributed by atoms with Crippen molar-refractivity contribution in [3.63, 3.8) is 0 Å². The van der Waals surface area contributed by atoms with Crippen molar-refractivity contribution in [2.75, 3.05) is 26.2 Å². The second-order valence-electron chi connectivity index (χ2n) is 18.7. The van der Waals surface area contributed by atoms with E-state index in [2.05, 4.69) is 36.9 Å². The van der Waals surface area contributed by atoms with Gasteiger partial charge in [0.15, 0.2) is 5.96 Å². The van der Waals surface area contributed by atoms with Crippen molar-refractivity contribution in [2.45, 2.75) is 120 Å². The Morgan fingerprint density at radius 1 is 0.535 bits per heavy atom. The standard InChI is InChI=1S/C51H68N12O8/c1-31(2)42-48(69)59-38(29-34-19-10-5-11-20-34)49(70)63-26-14-23-41(63)50(71)62-25-13-22-40(62)47(68)56-35(21-12-24-55-51(53)54)43(64)57-36(27-32-15-6-3-7-16-32)44(65)58-37(28-33-17-8-4-9-18-33)45(66)60-39(30-52)46(67)61-42/h3-11,15-20,31,35-42H,12-14,21-30,52H2,1-2H3,(H,56,68)(H,57,64)(H,58,65)(H,59,69)(H,60,66)(H,61,67)(H4,53,54,55)/t35-,36-,37-,38-,39-,40-,41+,42-/m0/s1. The molecule has 3 saturated heterocycles. The minimum Gasteiger partial charge on any atom is -0.370 e. The highest BCUT2D eigenvalue weighted by Crippen LogP contribution is 2.27. The molecule has 380 valence electrons. The van der Waals surface area contributed by atoms with E-state index in [1.54, 1.807) is 86.6 Å². The summed E-state index contributed by atoms with van der Waals surface area (Å²) in [5.41, 5.74) is 19.3. The first kappa shape index (κ1) is 53.0. The van der Waals surface area contributed by atoms with Gasteiger partial charge in [-0.25, -0.2) is 0 Å². The molecule has 3 aliphatic heterocycles. The van der Waals surface area contributed by atoms with Crippen LogP contribution in [0.1, 0.15) is 69.1 Å². The Balaban J connectivity index is 1.39. The molecule has 3 heterocycles. The number of amides is 8. The number of fused-ring (bicyclic) bond motifs is 2. The van der Waals surface area contributed by atoms with Gasteiger partial charge in [0.05, 0.1) is 0 Å². The minimum atomic E-state index is -1.38. The van der Waals surface area contributed by atoms with Crippen LogP contribution < -0.4 is 49.1 Å². The third-order valence-electron chi connectivity index (χ3n) is 13.1. The maximum atomic E-state index is 14.7. The van der Waals surface area contributed by atoms with Crippen LogP contribution in [0, 0.1) is 5.92 Å². The van der Waals surface area contributed by atoms with E-state index >= 15 is 0 Å². The molecule has 0 radical (unpaired) electrons. The molecule has 71 heavy (non-hydrogen) atoms. The molecule has 12 N–H and O–H groups in total. The lowest BCUT2D eigenvalue weighted by Gasteiger charge is -2.34. The summed E-state index contributed by atoms with van der Waals surface area (Å²) in [7, 11) is 0. The molecule has 0 bridgehead atoms. The van der Waals surface area contributed by atoms with Gasteiger partial charge >= 0.3 is 0 Å². The van der Waals surface area contributed by atoms with Crippen LogP contribution in [-0.4, -0.2) is 138 Å². The van der Waals surface area contributed by atoms with Gasteiger partial charge in [-0.3, -0.25) is 43.3 Å². The van der Waals surface area contributed by atoms with Gasteiger partial charge < -0.3 is 58.9 Å². The van der Waals surface area contributed by atoms with E-state index in [9.17, 15) is 38.4 Å². The van der Waals surface area contributed by atoms with Crippen molar-refractivity contribution >= 4 is 53.2 Å². The van der Waals surface area contributed by atoms with Crippen LogP contribution in [0.3, 0.4) is 0 Å². The number of hydrogen-bond acceptors (Lipinski definition) is 10. The molecule has 0 unspecified atom stereocenters. The zero-order chi connectivity index (χ0) is 51.0. The summed E-state index contributed by atoms with van der Waals surface area (Å²) in [5.74, 6) is -5.91. The summed E-state index contributed by atoms with van der Waals surface area (Å²) in [6.07, 6.45) is 1.84. The Hall–Kier alpha value is -7.35. The van der Waals surface area contributed by atoms with E-state index in [1.807, 2.05) is 18.2 Å². The number of nitrogens with zero attached hydrogens (tertiary/aromatic N) is 3. The first-order chi connectivity index (χ1) is 34.1. The molecule has 8 atom stereocenters. The van der Waals surface area contributed by atoms with Crippen LogP contribution in [0.25, 0.3) is 0 Å². The average molecular weight is 977 g/mol. The summed E-state index contributed by atoms with van der Waals surface area (Å²) in [6.45, 7) is 3.59. The minimum absolute atomic E-state index is 0.0209. The summed E-state index contributed by atoms with van der Waals surface area (Å²) in [5, 5.41) is 16.8. The lowest BCUT2D eigenvalue weighted by molar-refractivity contribution is -0.148. The quantitative estimate of drug-likeness (QED) is 0.0621. The van der Waals surface area contributed by atoms with E-state index in [0.717, 1.165) is 5.56 Å². The zero-order valence-electron chi connectivity index (χ0n) is 40.4. The second kappa shape index (κ2) is 25.5. The number of nitrogens with two attached hydrogens (primary N) is 3. The highest BCUT2D eigenvalue weighted by Gasteiger charge is 2.45. The van der Waals surface area contributed by atoms with Crippen molar-refractivity contribution in [2.24, 2.45) is 28.1 Å². The van der Waals surface area contributed by atoms with Crippen LogP contribution in [-0.2, 0) is 57.6 Å². The van der Waals surface area contributed by atoms with E-state index < -0.39 is 108 Å². The Morgan fingerprint density at radius 3 is 1.45 bits per heavy atom. The molecule has 0 saturated carbocycles. The van der Waals surface area contributed by atoms with Crippen molar-refractivity contribution in [1.82, 2.24) is 41.7 Å². The molecule has 0 spiro atoms. The second-order valence-corrected chi connectivity index (χ2v) is 18.7. The number of nitrogens with one attached hydrogen (secondary N) is 6. The molecule has 0 aromatic heterocycles. The maximum absolute atomic E-state index is 14.7.